The van der Waals surface area contributed by atoms with Crippen LogP contribution >= 0.6 is 0 Å². The van der Waals surface area contributed by atoms with Gasteiger partial charge in [0.25, 0.3) is 0 Å². The predicted octanol–water partition coefficient (Wildman–Crippen LogP) is 1.55. The highest BCUT2D eigenvalue weighted by molar-refractivity contribution is 5.75. The molecule has 1 unspecified atom stereocenters. The van der Waals surface area contributed by atoms with Crippen molar-refractivity contribution in [2.45, 2.75) is 47.1 Å². The van der Waals surface area contributed by atoms with Gasteiger partial charge in [0.15, 0.2) is 0 Å². The molecular formula is C11H22O4. The Kier molecular flexibility index (Phi) is 10.6. The van der Waals surface area contributed by atoms with Gasteiger partial charge in [0.1, 0.15) is 11.9 Å². The zero-order chi connectivity index (χ0) is 12.4. The van der Waals surface area contributed by atoms with Gasteiger partial charge in [0.2, 0.25) is 0 Å². The first-order valence-electron chi connectivity index (χ1n) is 5.15. The van der Waals surface area contributed by atoms with E-state index >= 15 is 0 Å². The molecule has 4 heteroatoms. The average molecular weight is 218 g/mol. The molecule has 0 bridgehead atoms. The normalized spacial score (nSPS) is 11.4. The Labute approximate surface area is 91.6 Å². The molecule has 4 nitrogen and oxygen atoms in total. The van der Waals surface area contributed by atoms with Crippen LogP contribution in [0.15, 0.2) is 0 Å². The molecule has 1 atom stereocenters. The van der Waals surface area contributed by atoms with E-state index in [2.05, 4.69) is 4.74 Å². The first-order valence-corrected chi connectivity index (χ1v) is 5.15. The standard InChI is InChI=1S/C6H12O.C5H10O3/c1-5(2)4-6(3)7;1-3-8-5(7)4(2)6/h5H,4H2,1-3H3;4,6H,3H2,1-2H3. The van der Waals surface area contributed by atoms with E-state index in [4.69, 9.17) is 5.11 Å². The van der Waals surface area contributed by atoms with Gasteiger partial charge in [0.05, 0.1) is 6.61 Å². The van der Waals surface area contributed by atoms with Crippen molar-refractivity contribution in [3.8, 4) is 0 Å². The summed E-state index contributed by atoms with van der Waals surface area (Å²) in [6.45, 7) is 9.10. The Morgan fingerprint density at radius 3 is 1.80 bits per heavy atom. The third-order valence-electron chi connectivity index (χ3n) is 1.32. The molecule has 0 aromatic rings. The van der Waals surface area contributed by atoms with E-state index in [9.17, 15) is 9.59 Å². The quantitative estimate of drug-likeness (QED) is 0.727. The molecule has 0 aliphatic rings. The third-order valence-corrected chi connectivity index (χ3v) is 1.32. The summed E-state index contributed by atoms with van der Waals surface area (Å²) in [7, 11) is 0. The first-order chi connectivity index (χ1) is 6.81. The van der Waals surface area contributed by atoms with E-state index in [1.54, 1.807) is 13.8 Å². The summed E-state index contributed by atoms with van der Waals surface area (Å²) in [5.74, 6) is 0.250. The van der Waals surface area contributed by atoms with Crippen molar-refractivity contribution < 1.29 is 19.4 Å². The maximum absolute atomic E-state index is 10.3. The summed E-state index contributed by atoms with van der Waals surface area (Å²) < 4.78 is 4.41. The molecule has 15 heavy (non-hydrogen) atoms. The van der Waals surface area contributed by atoms with E-state index in [0.717, 1.165) is 6.42 Å². The van der Waals surface area contributed by atoms with Crippen LogP contribution in [0.25, 0.3) is 0 Å². The van der Waals surface area contributed by atoms with Crippen molar-refractivity contribution in [2.24, 2.45) is 5.92 Å². The molecule has 0 radical (unpaired) electrons. The Morgan fingerprint density at radius 1 is 1.27 bits per heavy atom. The second-order valence-corrected chi connectivity index (χ2v) is 3.73. The SMILES string of the molecule is CC(=O)CC(C)C.CCOC(=O)C(C)O. The molecule has 0 heterocycles. The highest BCUT2D eigenvalue weighted by Gasteiger charge is 2.07. The van der Waals surface area contributed by atoms with E-state index in [1.807, 2.05) is 13.8 Å². The monoisotopic (exact) mass is 218 g/mol. The van der Waals surface area contributed by atoms with Gasteiger partial charge in [-0.1, -0.05) is 13.8 Å². The summed E-state index contributed by atoms with van der Waals surface area (Å²) in [5.41, 5.74) is 0. The second-order valence-electron chi connectivity index (χ2n) is 3.73. The maximum atomic E-state index is 10.3. The number of carbonyl (C=O) groups is 2. The van der Waals surface area contributed by atoms with Crippen molar-refractivity contribution in [1.29, 1.82) is 0 Å². The highest BCUT2D eigenvalue weighted by atomic mass is 16.5. The number of aliphatic hydroxyl groups excluding tert-OH is 1. The van der Waals surface area contributed by atoms with Crippen LogP contribution in [-0.4, -0.2) is 29.6 Å². The Bertz CT molecular complexity index is 185. The van der Waals surface area contributed by atoms with E-state index in [0.29, 0.717) is 12.5 Å². The van der Waals surface area contributed by atoms with Gasteiger partial charge in [-0.25, -0.2) is 4.79 Å². The average Bonchev–Trinajstić information content (AvgIpc) is 2.02. The van der Waals surface area contributed by atoms with Crippen molar-refractivity contribution in [1.82, 2.24) is 0 Å². The van der Waals surface area contributed by atoms with Gasteiger partial charge in [-0.15, -0.1) is 0 Å². The number of Topliss-reactive ketones (excluding diaryl/α,β-unsaturated/α-hetero) is 1. The molecular weight excluding hydrogens is 196 g/mol. The topological polar surface area (TPSA) is 63.6 Å². The number of ether oxygens (including phenoxy) is 1. The molecule has 0 aliphatic carbocycles. The smallest absolute Gasteiger partial charge is 0.334 e. The summed E-state index contributed by atoms with van der Waals surface area (Å²) in [6, 6.07) is 0. The van der Waals surface area contributed by atoms with E-state index < -0.39 is 12.1 Å². The van der Waals surface area contributed by atoms with Crippen LogP contribution in [0.2, 0.25) is 0 Å². The molecule has 0 saturated carbocycles. The highest BCUT2D eigenvalue weighted by Crippen LogP contribution is 1.97. The zero-order valence-electron chi connectivity index (χ0n) is 10.2. The van der Waals surface area contributed by atoms with Gasteiger partial charge in [-0.3, -0.25) is 0 Å². The summed E-state index contributed by atoms with van der Waals surface area (Å²) in [6.07, 6.45) is -0.269. The van der Waals surface area contributed by atoms with Crippen molar-refractivity contribution in [3.63, 3.8) is 0 Å². The van der Waals surface area contributed by atoms with Gasteiger partial charge in [-0.05, 0) is 26.7 Å². The Hall–Kier alpha value is -0.900. The van der Waals surface area contributed by atoms with Crippen LogP contribution < -0.4 is 0 Å². The first kappa shape index (κ1) is 16.5. The lowest BCUT2D eigenvalue weighted by Crippen LogP contribution is -2.18. The number of carbonyl (C=O) groups excluding carboxylic acids is 2. The molecule has 1 N–H and O–H groups in total. The fourth-order valence-corrected chi connectivity index (χ4v) is 0.838. The number of esters is 1. The number of ketones is 1. The molecule has 0 saturated heterocycles. The maximum Gasteiger partial charge on any atom is 0.334 e. The van der Waals surface area contributed by atoms with Crippen LogP contribution in [0.3, 0.4) is 0 Å². The van der Waals surface area contributed by atoms with Gasteiger partial charge >= 0.3 is 5.97 Å². The largest absolute Gasteiger partial charge is 0.464 e. The molecule has 0 aromatic heterocycles. The van der Waals surface area contributed by atoms with E-state index in [-0.39, 0.29) is 5.78 Å². The minimum Gasteiger partial charge on any atom is -0.464 e. The lowest BCUT2D eigenvalue weighted by molar-refractivity contribution is -0.151. The lowest BCUT2D eigenvalue weighted by atomic mass is 10.1. The molecule has 0 aromatic carbocycles. The van der Waals surface area contributed by atoms with Crippen LogP contribution in [0.5, 0.6) is 0 Å². The van der Waals surface area contributed by atoms with E-state index in [1.165, 1.54) is 6.92 Å². The minimum absolute atomic E-state index is 0.287. The molecule has 90 valence electrons. The molecule has 0 spiro atoms. The van der Waals surface area contributed by atoms with Crippen LogP contribution in [0, 0.1) is 5.92 Å². The van der Waals surface area contributed by atoms with Gasteiger partial charge < -0.3 is 14.6 Å². The number of hydrogen-bond acceptors (Lipinski definition) is 4. The Morgan fingerprint density at radius 2 is 1.73 bits per heavy atom. The van der Waals surface area contributed by atoms with Crippen molar-refractivity contribution >= 4 is 11.8 Å². The summed E-state index contributed by atoms with van der Waals surface area (Å²) >= 11 is 0. The summed E-state index contributed by atoms with van der Waals surface area (Å²) in [4.78, 5) is 20.5. The second kappa shape index (κ2) is 9.65. The molecule has 0 fully saturated rings. The Balaban J connectivity index is 0. The number of rotatable bonds is 4. The predicted molar refractivity (Wildman–Crippen MR) is 58.4 cm³/mol. The van der Waals surface area contributed by atoms with Crippen molar-refractivity contribution in [2.75, 3.05) is 6.61 Å². The minimum atomic E-state index is -0.991. The van der Waals surface area contributed by atoms with Crippen molar-refractivity contribution in [3.05, 3.63) is 0 Å². The fourth-order valence-electron chi connectivity index (χ4n) is 0.838. The van der Waals surface area contributed by atoms with Gasteiger partial charge in [-0.2, -0.15) is 0 Å². The third kappa shape index (κ3) is 15.8. The van der Waals surface area contributed by atoms with Crippen LogP contribution in [-0.2, 0) is 14.3 Å². The zero-order valence-corrected chi connectivity index (χ0v) is 10.2. The fraction of sp³-hybridized carbons (Fsp3) is 0.818. The van der Waals surface area contributed by atoms with Crippen LogP contribution in [0.1, 0.15) is 41.0 Å². The summed E-state index contributed by atoms with van der Waals surface area (Å²) in [5, 5.41) is 8.48. The number of hydrogen-bond donors (Lipinski definition) is 1. The molecule has 0 amide bonds. The molecule has 0 rings (SSSR count). The van der Waals surface area contributed by atoms with Gasteiger partial charge in [0, 0.05) is 6.42 Å². The molecule has 0 aliphatic heterocycles. The lowest BCUT2D eigenvalue weighted by Gasteiger charge is -2.01. The van der Waals surface area contributed by atoms with Crippen LogP contribution in [0.4, 0.5) is 0 Å². The number of aliphatic hydroxyl groups is 1.